The molecule has 0 radical (unpaired) electrons. The van der Waals surface area contributed by atoms with E-state index in [0.717, 1.165) is 29.5 Å². The molecule has 3 nitrogen and oxygen atoms in total. The van der Waals surface area contributed by atoms with Gasteiger partial charge in [-0.2, -0.15) is 4.99 Å². The first-order chi connectivity index (χ1) is 7.72. The van der Waals surface area contributed by atoms with E-state index in [2.05, 4.69) is 10.3 Å². The Morgan fingerprint density at radius 3 is 2.88 bits per heavy atom. The number of thioether (sulfide) groups is 1. The first kappa shape index (κ1) is 10.6. The minimum atomic E-state index is 0.0143. The van der Waals surface area contributed by atoms with Gasteiger partial charge in [-0.25, -0.2) is 0 Å². The number of rotatable bonds is 2. The van der Waals surface area contributed by atoms with Crippen LogP contribution in [0.2, 0.25) is 0 Å². The van der Waals surface area contributed by atoms with Crippen molar-refractivity contribution in [1.29, 1.82) is 0 Å². The molecule has 1 N–H and O–H groups in total. The Hall–Kier alpha value is -0.510. The van der Waals surface area contributed by atoms with Gasteiger partial charge >= 0.3 is 0 Å². The highest BCUT2D eigenvalue weighted by Crippen LogP contribution is 2.48. The van der Waals surface area contributed by atoms with Gasteiger partial charge in [0.15, 0.2) is 5.17 Å². The maximum atomic E-state index is 11.3. The van der Waals surface area contributed by atoms with Gasteiger partial charge in [-0.3, -0.25) is 4.79 Å². The van der Waals surface area contributed by atoms with Crippen LogP contribution in [0.3, 0.4) is 0 Å². The molecule has 2 aliphatic carbocycles. The molecule has 2 fully saturated rings. The molecule has 4 atom stereocenters. The average Bonchev–Trinajstić information content (AvgIpc) is 2.92. The fraction of sp³-hybridized carbons (Fsp3) is 0.833. The van der Waals surface area contributed by atoms with E-state index in [4.69, 9.17) is 0 Å². The van der Waals surface area contributed by atoms with E-state index in [1.165, 1.54) is 25.7 Å². The predicted octanol–water partition coefficient (Wildman–Crippen LogP) is 2.03. The second kappa shape index (κ2) is 4.06. The van der Waals surface area contributed by atoms with Crippen LogP contribution >= 0.6 is 11.8 Å². The molecule has 0 spiro atoms. The van der Waals surface area contributed by atoms with Gasteiger partial charge in [0.1, 0.15) is 0 Å². The molecule has 1 unspecified atom stereocenters. The third-order valence-corrected chi connectivity index (χ3v) is 5.26. The molecule has 2 bridgehead atoms. The van der Waals surface area contributed by atoms with Gasteiger partial charge in [0, 0.05) is 6.54 Å². The molecule has 4 heteroatoms. The second-order valence-electron chi connectivity index (χ2n) is 5.33. The monoisotopic (exact) mass is 238 g/mol. The van der Waals surface area contributed by atoms with Crippen LogP contribution in [0.25, 0.3) is 0 Å². The predicted molar refractivity (Wildman–Crippen MR) is 66.4 cm³/mol. The SMILES string of the molecule is CC1SC(NC[C@H]2C[C@H]3CC[C@H]2C3)=NC1=O. The third kappa shape index (κ3) is 1.88. The molecular formula is C12H18N2OS. The molecule has 3 aliphatic rings. The third-order valence-electron chi connectivity index (χ3n) is 4.25. The lowest BCUT2D eigenvalue weighted by molar-refractivity contribution is -0.116. The minimum absolute atomic E-state index is 0.0143. The highest BCUT2D eigenvalue weighted by molar-refractivity contribution is 8.15. The molecule has 3 rings (SSSR count). The van der Waals surface area contributed by atoms with Crippen LogP contribution < -0.4 is 5.32 Å². The highest BCUT2D eigenvalue weighted by Gasteiger charge is 2.39. The summed E-state index contributed by atoms with van der Waals surface area (Å²) in [6.07, 6.45) is 5.71. The summed E-state index contributed by atoms with van der Waals surface area (Å²) in [7, 11) is 0. The van der Waals surface area contributed by atoms with Gasteiger partial charge in [-0.1, -0.05) is 18.2 Å². The van der Waals surface area contributed by atoms with E-state index >= 15 is 0 Å². The molecule has 1 heterocycles. The molecule has 16 heavy (non-hydrogen) atoms. The zero-order chi connectivity index (χ0) is 11.1. The van der Waals surface area contributed by atoms with Crippen molar-refractivity contribution in [3.63, 3.8) is 0 Å². The fourth-order valence-corrected chi connectivity index (χ4v) is 4.16. The topological polar surface area (TPSA) is 41.5 Å². The van der Waals surface area contributed by atoms with Gasteiger partial charge in [0.2, 0.25) is 0 Å². The normalized spacial score (nSPS) is 41.6. The lowest BCUT2D eigenvalue weighted by atomic mass is 9.89. The Kier molecular flexibility index (Phi) is 2.70. The van der Waals surface area contributed by atoms with Crippen LogP contribution in [0.15, 0.2) is 4.99 Å². The summed E-state index contributed by atoms with van der Waals surface area (Å²) in [5.41, 5.74) is 0. The Morgan fingerprint density at radius 1 is 1.44 bits per heavy atom. The lowest BCUT2D eigenvalue weighted by Crippen LogP contribution is -2.29. The van der Waals surface area contributed by atoms with E-state index < -0.39 is 0 Å². The van der Waals surface area contributed by atoms with E-state index in [9.17, 15) is 4.79 Å². The Bertz CT molecular complexity index is 342. The lowest BCUT2D eigenvalue weighted by Gasteiger charge is -2.22. The molecule has 0 aromatic carbocycles. The van der Waals surface area contributed by atoms with Gasteiger partial charge in [0.25, 0.3) is 5.91 Å². The van der Waals surface area contributed by atoms with Crippen molar-refractivity contribution in [2.75, 3.05) is 6.54 Å². The molecule has 0 aromatic heterocycles. The molecular weight excluding hydrogens is 220 g/mol. The van der Waals surface area contributed by atoms with Gasteiger partial charge in [-0.15, -0.1) is 0 Å². The van der Waals surface area contributed by atoms with Crippen molar-refractivity contribution >= 4 is 22.8 Å². The fourth-order valence-electron chi connectivity index (χ4n) is 3.36. The number of aliphatic imine (C=N–C) groups is 1. The van der Waals surface area contributed by atoms with Gasteiger partial charge in [-0.05, 0) is 43.9 Å². The molecule has 88 valence electrons. The minimum Gasteiger partial charge on any atom is -0.364 e. The Balaban J connectivity index is 1.51. The van der Waals surface area contributed by atoms with E-state index in [1.807, 2.05) is 6.92 Å². The van der Waals surface area contributed by atoms with Crippen molar-refractivity contribution in [1.82, 2.24) is 5.32 Å². The Morgan fingerprint density at radius 2 is 2.31 bits per heavy atom. The van der Waals surface area contributed by atoms with Crippen molar-refractivity contribution in [3.05, 3.63) is 0 Å². The Labute approximate surface area is 100 Å². The van der Waals surface area contributed by atoms with E-state index in [1.54, 1.807) is 11.8 Å². The van der Waals surface area contributed by atoms with Gasteiger partial charge in [0.05, 0.1) is 5.25 Å². The van der Waals surface area contributed by atoms with Crippen LogP contribution in [-0.4, -0.2) is 22.9 Å². The van der Waals surface area contributed by atoms with Crippen molar-refractivity contribution in [3.8, 4) is 0 Å². The number of nitrogens with zero attached hydrogens (tertiary/aromatic N) is 1. The quantitative estimate of drug-likeness (QED) is 0.800. The number of fused-ring (bicyclic) bond motifs is 2. The highest BCUT2D eigenvalue weighted by atomic mass is 32.2. The van der Waals surface area contributed by atoms with Crippen molar-refractivity contribution in [2.45, 2.75) is 37.9 Å². The summed E-state index contributed by atoms with van der Waals surface area (Å²) in [4.78, 5) is 15.3. The largest absolute Gasteiger partial charge is 0.364 e. The standard InChI is InChI=1S/C12H18N2OS/c1-7-11(15)14-12(16-7)13-6-10-5-8-2-3-9(10)4-8/h7-10H,2-6H2,1H3,(H,13,14,15)/t7?,8-,9-,10+/m0/s1. The van der Waals surface area contributed by atoms with Gasteiger partial charge < -0.3 is 5.32 Å². The number of carbonyl (C=O) groups is 1. The smallest absolute Gasteiger partial charge is 0.261 e. The molecule has 0 saturated heterocycles. The zero-order valence-electron chi connectivity index (χ0n) is 9.61. The van der Waals surface area contributed by atoms with Crippen LogP contribution in [0, 0.1) is 17.8 Å². The first-order valence-electron chi connectivity index (χ1n) is 6.25. The molecule has 1 amide bonds. The van der Waals surface area contributed by atoms with E-state index in [0.29, 0.717) is 0 Å². The summed E-state index contributed by atoms with van der Waals surface area (Å²) in [6.45, 7) is 2.94. The van der Waals surface area contributed by atoms with Crippen molar-refractivity contribution < 1.29 is 4.79 Å². The first-order valence-corrected chi connectivity index (χ1v) is 7.13. The number of nitrogens with one attached hydrogen (secondary N) is 1. The number of carbonyl (C=O) groups excluding carboxylic acids is 1. The maximum absolute atomic E-state index is 11.3. The number of hydrogen-bond acceptors (Lipinski definition) is 3. The number of amidine groups is 1. The molecule has 2 saturated carbocycles. The number of hydrogen-bond donors (Lipinski definition) is 1. The van der Waals surface area contributed by atoms with Crippen LogP contribution in [-0.2, 0) is 4.79 Å². The summed E-state index contributed by atoms with van der Waals surface area (Å²) in [5, 5.41) is 4.23. The second-order valence-corrected chi connectivity index (χ2v) is 6.66. The summed E-state index contributed by atoms with van der Waals surface area (Å²) >= 11 is 1.57. The summed E-state index contributed by atoms with van der Waals surface area (Å²) < 4.78 is 0. The molecule has 1 aliphatic heterocycles. The summed E-state index contributed by atoms with van der Waals surface area (Å²) in [5.74, 6) is 2.78. The van der Waals surface area contributed by atoms with Crippen LogP contribution in [0.5, 0.6) is 0 Å². The van der Waals surface area contributed by atoms with Crippen LogP contribution in [0.1, 0.15) is 32.6 Å². The maximum Gasteiger partial charge on any atom is 0.261 e. The molecule has 0 aromatic rings. The summed E-state index contributed by atoms with van der Waals surface area (Å²) in [6, 6.07) is 0. The van der Waals surface area contributed by atoms with E-state index in [-0.39, 0.29) is 11.2 Å². The zero-order valence-corrected chi connectivity index (χ0v) is 10.4. The average molecular weight is 238 g/mol. The van der Waals surface area contributed by atoms with Crippen molar-refractivity contribution in [2.24, 2.45) is 22.7 Å². The van der Waals surface area contributed by atoms with Crippen LogP contribution in [0.4, 0.5) is 0 Å². The number of amides is 1.